The molecule has 1 fully saturated rings. The molecular weight excluding hydrogens is 248 g/mol. The molecule has 2 unspecified atom stereocenters. The second kappa shape index (κ2) is 6.46. The fourth-order valence-electron chi connectivity index (χ4n) is 3.30. The van der Waals surface area contributed by atoms with Gasteiger partial charge in [-0.25, -0.2) is 0 Å². The van der Waals surface area contributed by atoms with Gasteiger partial charge < -0.3 is 4.90 Å². The van der Waals surface area contributed by atoms with E-state index >= 15 is 0 Å². The molecule has 3 heteroatoms. The summed E-state index contributed by atoms with van der Waals surface area (Å²) in [5.41, 5.74) is -0.382. The van der Waals surface area contributed by atoms with Crippen molar-refractivity contribution in [2.45, 2.75) is 73.5 Å². The standard InChI is InChI=1S/C17H34N2O/c1-9-17(8)16(20)19(15(18-17)13(6)7)10-14(11(2)3)12(4)5/h11-15,18H,9-10H2,1-8H3. The molecule has 1 aliphatic rings. The topological polar surface area (TPSA) is 32.3 Å². The quantitative estimate of drug-likeness (QED) is 0.808. The van der Waals surface area contributed by atoms with Crippen molar-refractivity contribution in [3.05, 3.63) is 0 Å². The highest BCUT2D eigenvalue weighted by Crippen LogP contribution is 2.31. The summed E-state index contributed by atoms with van der Waals surface area (Å²) in [4.78, 5) is 14.9. The second-order valence-electron chi connectivity index (χ2n) is 7.63. The molecule has 1 heterocycles. The van der Waals surface area contributed by atoms with E-state index in [2.05, 4.69) is 58.7 Å². The van der Waals surface area contributed by atoms with Crippen LogP contribution in [0.5, 0.6) is 0 Å². The normalized spacial score (nSPS) is 27.7. The summed E-state index contributed by atoms with van der Waals surface area (Å²) in [6.45, 7) is 18.5. The van der Waals surface area contributed by atoms with Gasteiger partial charge in [0, 0.05) is 6.54 Å². The van der Waals surface area contributed by atoms with Gasteiger partial charge in [-0.1, -0.05) is 48.5 Å². The molecule has 1 rings (SSSR count). The van der Waals surface area contributed by atoms with Crippen molar-refractivity contribution in [2.24, 2.45) is 23.7 Å². The number of hydrogen-bond acceptors (Lipinski definition) is 2. The molecule has 0 spiro atoms. The van der Waals surface area contributed by atoms with Crippen LogP contribution < -0.4 is 5.32 Å². The molecule has 0 aromatic carbocycles. The summed E-state index contributed by atoms with van der Waals surface area (Å²) >= 11 is 0. The lowest BCUT2D eigenvalue weighted by Crippen LogP contribution is -2.45. The van der Waals surface area contributed by atoms with Crippen LogP contribution in [-0.2, 0) is 4.79 Å². The Morgan fingerprint density at radius 3 is 2.00 bits per heavy atom. The van der Waals surface area contributed by atoms with Crippen molar-refractivity contribution < 1.29 is 4.79 Å². The Hall–Kier alpha value is -0.570. The number of amides is 1. The first-order valence-electron chi connectivity index (χ1n) is 8.22. The molecule has 2 atom stereocenters. The maximum Gasteiger partial charge on any atom is 0.243 e. The molecule has 1 N–H and O–H groups in total. The lowest BCUT2D eigenvalue weighted by atomic mass is 9.84. The van der Waals surface area contributed by atoms with E-state index in [1.807, 2.05) is 6.92 Å². The number of nitrogens with one attached hydrogen (secondary N) is 1. The average molecular weight is 282 g/mol. The van der Waals surface area contributed by atoms with Crippen molar-refractivity contribution >= 4 is 5.91 Å². The zero-order valence-electron chi connectivity index (χ0n) is 14.7. The van der Waals surface area contributed by atoms with Crippen molar-refractivity contribution in [3.63, 3.8) is 0 Å². The van der Waals surface area contributed by atoms with E-state index < -0.39 is 0 Å². The van der Waals surface area contributed by atoms with E-state index in [1.54, 1.807) is 0 Å². The first-order chi connectivity index (χ1) is 9.14. The summed E-state index contributed by atoms with van der Waals surface area (Å²) in [7, 11) is 0. The minimum Gasteiger partial charge on any atom is -0.325 e. The number of rotatable bonds is 6. The fourth-order valence-corrected chi connectivity index (χ4v) is 3.30. The molecule has 0 aromatic rings. The molecule has 0 aliphatic carbocycles. The van der Waals surface area contributed by atoms with Gasteiger partial charge in [0.15, 0.2) is 0 Å². The Morgan fingerprint density at radius 1 is 1.15 bits per heavy atom. The summed E-state index contributed by atoms with van der Waals surface area (Å²) in [6, 6.07) is 0. The van der Waals surface area contributed by atoms with Crippen molar-refractivity contribution in [1.82, 2.24) is 10.2 Å². The zero-order valence-corrected chi connectivity index (χ0v) is 14.7. The van der Waals surface area contributed by atoms with Crippen molar-refractivity contribution in [1.29, 1.82) is 0 Å². The minimum absolute atomic E-state index is 0.174. The number of nitrogens with zero attached hydrogens (tertiary/aromatic N) is 1. The first kappa shape index (κ1) is 17.5. The Labute approximate surface area is 125 Å². The molecule has 118 valence electrons. The van der Waals surface area contributed by atoms with Crippen LogP contribution in [0.3, 0.4) is 0 Å². The summed E-state index contributed by atoms with van der Waals surface area (Å²) in [5, 5.41) is 3.58. The molecule has 1 saturated heterocycles. The Bertz CT molecular complexity index is 330. The smallest absolute Gasteiger partial charge is 0.243 e. The molecule has 1 aliphatic heterocycles. The average Bonchev–Trinajstić information content (AvgIpc) is 2.60. The van der Waals surface area contributed by atoms with Gasteiger partial charge in [-0.2, -0.15) is 0 Å². The highest BCUT2D eigenvalue weighted by molar-refractivity contribution is 5.88. The highest BCUT2D eigenvalue weighted by atomic mass is 16.2. The van der Waals surface area contributed by atoms with Gasteiger partial charge >= 0.3 is 0 Å². The van der Waals surface area contributed by atoms with Crippen LogP contribution in [0.2, 0.25) is 0 Å². The van der Waals surface area contributed by atoms with Crippen LogP contribution in [0.25, 0.3) is 0 Å². The molecule has 0 saturated carbocycles. The third-order valence-corrected chi connectivity index (χ3v) is 4.99. The third kappa shape index (κ3) is 3.36. The first-order valence-corrected chi connectivity index (χ1v) is 8.22. The zero-order chi connectivity index (χ0) is 15.7. The second-order valence-corrected chi connectivity index (χ2v) is 7.63. The van der Waals surface area contributed by atoms with Crippen molar-refractivity contribution in [2.75, 3.05) is 6.54 Å². The maximum absolute atomic E-state index is 12.8. The molecular formula is C17H34N2O. The van der Waals surface area contributed by atoms with Crippen LogP contribution in [0.15, 0.2) is 0 Å². The van der Waals surface area contributed by atoms with Gasteiger partial charge in [0.05, 0.1) is 11.7 Å². The van der Waals surface area contributed by atoms with Crippen LogP contribution in [0, 0.1) is 23.7 Å². The summed E-state index contributed by atoms with van der Waals surface area (Å²) in [6.07, 6.45) is 1.02. The van der Waals surface area contributed by atoms with Gasteiger partial charge in [-0.05, 0) is 37.0 Å². The Morgan fingerprint density at radius 2 is 1.65 bits per heavy atom. The predicted octanol–water partition coefficient (Wildman–Crippen LogP) is 3.50. The minimum atomic E-state index is -0.382. The number of carbonyl (C=O) groups is 1. The molecule has 3 nitrogen and oxygen atoms in total. The van der Waals surface area contributed by atoms with Gasteiger partial charge in [0.1, 0.15) is 0 Å². The third-order valence-electron chi connectivity index (χ3n) is 4.99. The van der Waals surface area contributed by atoms with Crippen LogP contribution in [0.1, 0.15) is 61.8 Å². The highest BCUT2D eigenvalue weighted by Gasteiger charge is 2.48. The molecule has 0 aromatic heterocycles. The molecule has 1 amide bonds. The van der Waals surface area contributed by atoms with Crippen LogP contribution in [-0.4, -0.2) is 29.1 Å². The van der Waals surface area contributed by atoms with E-state index in [9.17, 15) is 4.79 Å². The lowest BCUT2D eigenvalue weighted by Gasteiger charge is -2.34. The summed E-state index contributed by atoms with van der Waals surface area (Å²) < 4.78 is 0. The largest absolute Gasteiger partial charge is 0.325 e. The van der Waals surface area contributed by atoms with Crippen molar-refractivity contribution in [3.8, 4) is 0 Å². The Kier molecular flexibility index (Phi) is 5.65. The van der Waals surface area contributed by atoms with Gasteiger partial charge in [0.25, 0.3) is 0 Å². The van der Waals surface area contributed by atoms with Crippen LogP contribution in [0.4, 0.5) is 0 Å². The summed E-state index contributed by atoms with van der Waals surface area (Å²) in [5.74, 6) is 2.48. The lowest BCUT2D eigenvalue weighted by molar-refractivity contribution is -0.134. The van der Waals surface area contributed by atoms with E-state index in [0.29, 0.717) is 23.7 Å². The van der Waals surface area contributed by atoms with E-state index in [0.717, 1.165) is 13.0 Å². The molecule has 0 bridgehead atoms. The maximum atomic E-state index is 12.8. The predicted molar refractivity (Wildman–Crippen MR) is 85.3 cm³/mol. The molecule has 0 radical (unpaired) electrons. The molecule has 20 heavy (non-hydrogen) atoms. The number of hydrogen-bond donors (Lipinski definition) is 1. The van der Waals surface area contributed by atoms with Crippen LogP contribution >= 0.6 is 0 Å². The fraction of sp³-hybridized carbons (Fsp3) is 0.941. The van der Waals surface area contributed by atoms with E-state index in [4.69, 9.17) is 0 Å². The van der Waals surface area contributed by atoms with Gasteiger partial charge in [-0.15, -0.1) is 0 Å². The van der Waals surface area contributed by atoms with E-state index in [1.165, 1.54) is 0 Å². The number of carbonyl (C=O) groups excluding carboxylic acids is 1. The van der Waals surface area contributed by atoms with Gasteiger partial charge in [-0.3, -0.25) is 10.1 Å². The van der Waals surface area contributed by atoms with E-state index in [-0.39, 0.29) is 17.6 Å². The SMILES string of the molecule is CCC1(C)NC(C(C)C)N(CC(C(C)C)C(C)C)C1=O. The van der Waals surface area contributed by atoms with Gasteiger partial charge in [0.2, 0.25) is 5.91 Å². The monoisotopic (exact) mass is 282 g/mol. The Balaban J connectivity index is 2.97.